The Bertz CT molecular complexity index is 598. The van der Waals surface area contributed by atoms with Crippen molar-refractivity contribution < 1.29 is 18.3 Å². The summed E-state index contributed by atoms with van der Waals surface area (Å²) in [5.74, 6) is -3.27. The molecule has 2 aromatic rings. The summed E-state index contributed by atoms with van der Waals surface area (Å²) in [6.07, 6.45) is 2.36. The molecule has 0 bridgehead atoms. The van der Waals surface area contributed by atoms with Crippen molar-refractivity contribution in [2.45, 2.75) is 12.8 Å². The molecule has 102 valence electrons. The molecule has 4 nitrogen and oxygen atoms in total. The van der Waals surface area contributed by atoms with Gasteiger partial charge in [0.1, 0.15) is 11.5 Å². The number of nitrogens with two attached hydrogens (primary N) is 1. The number of aryl methyl sites for hydroxylation is 1. The molecule has 2 rings (SSSR count). The number of benzene rings is 1. The Morgan fingerprint density at radius 3 is 2.53 bits per heavy atom. The third-order valence-corrected chi connectivity index (χ3v) is 2.71. The van der Waals surface area contributed by atoms with Crippen molar-refractivity contribution in [2.24, 2.45) is 0 Å². The van der Waals surface area contributed by atoms with Crippen LogP contribution in [0, 0.1) is 17.5 Å². The first-order valence-electron chi connectivity index (χ1n) is 5.62. The van der Waals surface area contributed by atoms with Crippen LogP contribution < -0.4 is 5.73 Å². The van der Waals surface area contributed by atoms with Gasteiger partial charge in [0.15, 0.2) is 17.5 Å². The fourth-order valence-electron chi connectivity index (χ4n) is 1.72. The molecule has 0 aliphatic rings. The van der Waals surface area contributed by atoms with E-state index in [2.05, 4.69) is 5.10 Å². The molecular formula is C12H12F3N3O. The van der Waals surface area contributed by atoms with Crippen molar-refractivity contribution in [3.63, 3.8) is 0 Å². The molecular weight excluding hydrogens is 259 g/mol. The summed E-state index contributed by atoms with van der Waals surface area (Å²) in [7, 11) is 0. The van der Waals surface area contributed by atoms with Crippen LogP contribution in [-0.2, 0) is 6.42 Å². The van der Waals surface area contributed by atoms with Crippen LogP contribution in [0.5, 0.6) is 0 Å². The predicted octanol–water partition coefficient (Wildman–Crippen LogP) is 1.80. The summed E-state index contributed by atoms with van der Waals surface area (Å²) in [6.45, 7) is -0.00976. The predicted molar refractivity (Wildman–Crippen MR) is 63.3 cm³/mol. The highest BCUT2D eigenvalue weighted by Crippen LogP contribution is 2.22. The summed E-state index contributed by atoms with van der Waals surface area (Å²) in [5, 5.41) is 12.6. The van der Waals surface area contributed by atoms with Crippen molar-refractivity contribution in [3.8, 4) is 5.69 Å². The van der Waals surface area contributed by atoms with Crippen LogP contribution in [0.4, 0.5) is 19.0 Å². The fourth-order valence-corrected chi connectivity index (χ4v) is 1.72. The van der Waals surface area contributed by atoms with Crippen molar-refractivity contribution in [1.29, 1.82) is 0 Å². The van der Waals surface area contributed by atoms with E-state index in [0.29, 0.717) is 30.5 Å². The van der Waals surface area contributed by atoms with Gasteiger partial charge in [0.2, 0.25) is 0 Å². The lowest BCUT2D eigenvalue weighted by Gasteiger charge is -2.07. The molecule has 7 heteroatoms. The maximum absolute atomic E-state index is 13.6. The minimum atomic E-state index is -1.27. The van der Waals surface area contributed by atoms with Crippen LogP contribution in [0.25, 0.3) is 5.69 Å². The number of hydrogen-bond acceptors (Lipinski definition) is 3. The molecule has 0 saturated heterocycles. The Hall–Kier alpha value is -2.02. The van der Waals surface area contributed by atoms with E-state index < -0.39 is 17.5 Å². The van der Waals surface area contributed by atoms with E-state index in [1.54, 1.807) is 0 Å². The van der Waals surface area contributed by atoms with Crippen molar-refractivity contribution >= 4 is 5.82 Å². The van der Waals surface area contributed by atoms with Crippen LogP contribution in [-0.4, -0.2) is 21.5 Å². The Morgan fingerprint density at radius 1 is 1.16 bits per heavy atom. The number of nitrogen functional groups attached to an aromatic ring is 1. The molecule has 0 fully saturated rings. The fraction of sp³-hybridized carbons (Fsp3) is 0.250. The SMILES string of the molecule is Nc1c(CCCO)cnn1-c1cc(F)c(F)cc1F. The maximum Gasteiger partial charge on any atom is 0.161 e. The van der Waals surface area contributed by atoms with Crippen molar-refractivity contribution in [2.75, 3.05) is 12.3 Å². The third-order valence-electron chi connectivity index (χ3n) is 2.71. The first-order chi connectivity index (χ1) is 9.04. The topological polar surface area (TPSA) is 64.1 Å². The van der Waals surface area contributed by atoms with Gasteiger partial charge in [-0.1, -0.05) is 0 Å². The summed E-state index contributed by atoms with van der Waals surface area (Å²) in [4.78, 5) is 0. The quantitative estimate of drug-likeness (QED) is 0.833. The summed E-state index contributed by atoms with van der Waals surface area (Å²) in [6, 6.07) is 1.14. The van der Waals surface area contributed by atoms with E-state index in [1.165, 1.54) is 6.20 Å². The summed E-state index contributed by atoms with van der Waals surface area (Å²) in [5.41, 5.74) is 6.12. The second-order valence-electron chi connectivity index (χ2n) is 4.01. The average Bonchev–Trinajstić information content (AvgIpc) is 2.73. The molecule has 0 spiro atoms. The first kappa shape index (κ1) is 13.4. The van der Waals surface area contributed by atoms with E-state index in [4.69, 9.17) is 10.8 Å². The van der Waals surface area contributed by atoms with Crippen LogP contribution in [0.3, 0.4) is 0 Å². The number of halogens is 3. The molecule has 0 atom stereocenters. The van der Waals surface area contributed by atoms with Crippen LogP contribution in [0.1, 0.15) is 12.0 Å². The zero-order valence-electron chi connectivity index (χ0n) is 9.91. The minimum Gasteiger partial charge on any atom is -0.396 e. The Labute approximate surface area is 107 Å². The van der Waals surface area contributed by atoms with Gasteiger partial charge in [-0.05, 0) is 12.8 Å². The lowest BCUT2D eigenvalue weighted by Crippen LogP contribution is -2.07. The molecule has 1 aromatic heterocycles. The molecule has 19 heavy (non-hydrogen) atoms. The zero-order valence-corrected chi connectivity index (χ0v) is 9.91. The van der Waals surface area contributed by atoms with Gasteiger partial charge >= 0.3 is 0 Å². The lowest BCUT2D eigenvalue weighted by molar-refractivity contribution is 0.288. The molecule has 0 amide bonds. The standard InChI is InChI=1S/C12H12F3N3O/c13-8-4-10(15)11(5-9(8)14)18-12(16)7(6-17-18)2-1-3-19/h4-6,19H,1-3,16H2. The second kappa shape index (κ2) is 5.31. The molecule has 0 aliphatic carbocycles. The largest absolute Gasteiger partial charge is 0.396 e. The van der Waals surface area contributed by atoms with Gasteiger partial charge in [-0.15, -0.1) is 0 Å². The number of nitrogens with zero attached hydrogens (tertiary/aromatic N) is 2. The number of aromatic nitrogens is 2. The number of aliphatic hydroxyl groups excluding tert-OH is 1. The van der Waals surface area contributed by atoms with Gasteiger partial charge in [-0.25, -0.2) is 17.9 Å². The van der Waals surface area contributed by atoms with Gasteiger partial charge in [0.05, 0.1) is 6.20 Å². The molecule has 0 radical (unpaired) electrons. The highest BCUT2D eigenvalue weighted by Gasteiger charge is 2.15. The number of hydrogen-bond donors (Lipinski definition) is 2. The summed E-state index contributed by atoms with van der Waals surface area (Å²) < 4.78 is 40.6. The number of anilines is 1. The van der Waals surface area contributed by atoms with Gasteiger partial charge in [0, 0.05) is 24.3 Å². The molecule has 0 unspecified atom stereocenters. The van der Waals surface area contributed by atoms with E-state index in [9.17, 15) is 13.2 Å². The van der Waals surface area contributed by atoms with E-state index >= 15 is 0 Å². The highest BCUT2D eigenvalue weighted by molar-refractivity contribution is 5.47. The zero-order chi connectivity index (χ0) is 14.0. The number of aliphatic hydroxyl groups is 1. The summed E-state index contributed by atoms with van der Waals surface area (Å²) >= 11 is 0. The Morgan fingerprint density at radius 2 is 1.84 bits per heavy atom. The van der Waals surface area contributed by atoms with Gasteiger partial charge in [-0.2, -0.15) is 5.10 Å². The van der Waals surface area contributed by atoms with Crippen molar-refractivity contribution in [1.82, 2.24) is 9.78 Å². The Balaban J connectivity index is 2.42. The molecule has 1 aromatic carbocycles. The second-order valence-corrected chi connectivity index (χ2v) is 4.01. The normalized spacial score (nSPS) is 10.9. The van der Waals surface area contributed by atoms with Crippen molar-refractivity contribution in [3.05, 3.63) is 41.3 Å². The maximum atomic E-state index is 13.6. The third kappa shape index (κ3) is 2.55. The van der Waals surface area contributed by atoms with E-state index in [1.807, 2.05) is 0 Å². The van der Waals surface area contributed by atoms with Gasteiger partial charge in [0.25, 0.3) is 0 Å². The van der Waals surface area contributed by atoms with Gasteiger partial charge < -0.3 is 10.8 Å². The number of rotatable bonds is 4. The Kier molecular flexibility index (Phi) is 3.75. The van der Waals surface area contributed by atoms with Crippen LogP contribution >= 0.6 is 0 Å². The van der Waals surface area contributed by atoms with Crippen LogP contribution in [0.2, 0.25) is 0 Å². The molecule has 1 heterocycles. The van der Waals surface area contributed by atoms with Gasteiger partial charge in [-0.3, -0.25) is 0 Å². The lowest BCUT2D eigenvalue weighted by atomic mass is 10.2. The molecule has 3 N–H and O–H groups in total. The monoisotopic (exact) mass is 271 g/mol. The first-order valence-corrected chi connectivity index (χ1v) is 5.62. The van der Waals surface area contributed by atoms with E-state index in [0.717, 1.165) is 4.68 Å². The van der Waals surface area contributed by atoms with Crippen LogP contribution in [0.15, 0.2) is 18.3 Å². The highest BCUT2D eigenvalue weighted by atomic mass is 19.2. The smallest absolute Gasteiger partial charge is 0.161 e. The average molecular weight is 271 g/mol. The minimum absolute atomic E-state index is 0.00976. The molecule has 0 saturated carbocycles. The van der Waals surface area contributed by atoms with E-state index in [-0.39, 0.29) is 18.1 Å². The molecule has 0 aliphatic heterocycles.